The normalized spacial score (nSPS) is 20.6. The molecule has 0 amide bonds. The Kier molecular flexibility index (Phi) is 5.41. The van der Waals surface area contributed by atoms with E-state index in [-0.39, 0.29) is 5.69 Å². The van der Waals surface area contributed by atoms with Gasteiger partial charge in [-0.1, -0.05) is 0 Å². The van der Waals surface area contributed by atoms with E-state index in [0.29, 0.717) is 18.2 Å². The topological polar surface area (TPSA) is 82.6 Å². The standard InChI is InChI=1S/C17H22N4O3/c18-12-15-11-17(21(22)23)2-1-14(15)13-19-5-3-16(4-6-19)20-7-9-24-10-8-20/h1-2,11,16H,3-10,13H2. The van der Waals surface area contributed by atoms with Gasteiger partial charge in [-0.3, -0.25) is 19.9 Å². The molecule has 1 aromatic carbocycles. The molecule has 7 nitrogen and oxygen atoms in total. The minimum absolute atomic E-state index is 0.0266. The van der Waals surface area contributed by atoms with Gasteiger partial charge in [0.15, 0.2) is 0 Å². The van der Waals surface area contributed by atoms with Crippen LogP contribution in [0.5, 0.6) is 0 Å². The second-order valence-electron chi connectivity index (χ2n) is 6.37. The number of nitrogens with zero attached hydrogens (tertiary/aromatic N) is 4. The molecule has 2 aliphatic rings. The maximum atomic E-state index is 10.8. The summed E-state index contributed by atoms with van der Waals surface area (Å²) < 4.78 is 5.41. The van der Waals surface area contributed by atoms with Crippen LogP contribution in [-0.4, -0.2) is 60.2 Å². The van der Waals surface area contributed by atoms with Gasteiger partial charge in [-0.2, -0.15) is 5.26 Å². The lowest BCUT2D eigenvalue weighted by Crippen LogP contribution is -2.48. The van der Waals surface area contributed by atoms with Crippen molar-refractivity contribution in [3.63, 3.8) is 0 Å². The highest BCUT2D eigenvalue weighted by Crippen LogP contribution is 2.22. The zero-order chi connectivity index (χ0) is 16.9. The van der Waals surface area contributed by atoms with Crippen molar-refractivity contribution >= 4 is 5.69 Å². The number of nitro groups is 1. The van der Waals surface area contributed by atoms with Gasteiger partial charge in [0, 0.05) is 37.8 Å². The number of hydrogen-bond acceptors (Lipinski definition) is 6. The quantitative estimate of drug-likeness (QED) is 0.618. The third-order valence-corrected chi connectivity index (χ3v) is 4.94. The van der Waals surface area contributed by atoms with Gasteiger partial charge >= 0.3 is 0 Å². The first-order valence-electron chi connectivity index (χ1n) is 8.39. The lowest BCUT2D eigenvalue weighted by atomic mass is 10.0. The average Bonchev–Trinajstić information content (AvgIpc) is 2.63. The molecule has 0 atom stereocenters. The highest BCUT2D eigenvalue weighted by Gasteiger charge is 2.26. The Balaban J connectivity index is 1.58. The SMILES string of the molecule is N#Cc1cc([N+](=O)[O-])ccc1CN1CCC(N2CCOCC2)CC1. The Morgan fingerprint density at radius 3 is 2.58 bits per heavy atom. The zero-order valence-corrected chi connectivity index (χ0v) is 13.7. The number of nitro benzene ring substituents is 1. The fourth-order valence-corrected chi connectivity index (χ4v) is 3.55. The van der Waals surface area contributed by atoms with E-state index in [4.69, 9.17) is 4.74 Å². The summed E-state index contributed by atoms with van der Waals surface area (Å²) in [5.41, 5.74) is 1.24. The van der Waals surface area contributed by atoms with Crippen LogP contribution in [0.4, 0.5) is 5.69 Å². The van der Waals surface area contributed by atoms with E-state index in [9.17, 15) is 15.4 Å². The predicted molar refractivity (Wildman–Crippen MR) is 88.5 cm³/mol. The molecule has 2 saturated heterocycles. The Bertz CT molecular complexity index is 629. The first-order chi connectivity index (χ1) is 11.7. The van der Waals surface area contributed by atoms with Crippen molar-refractivity contribution in [2.45, 2.75) is 25.4 Å². The molecule has 0 unspecified atom stereocenters. The molecule has 0 spiro atoms. The first-order valence-corrected chi connectivity index (χ1v) is 8.39. The zero-order valence-electron chi connectivity index (χ0n) is 13.7. The summed E-state index contributed by atoms with van der Waals surface area (Å²) in [6.07, 6.45) is 2.24. The number of ether oxygens (including phenoxy) is 1. The third kappa shape index (κ3) is 3.90. The monoisotopic (exact) mass is 330 g/mol. The summed E-state index contributed by atoms with van der Waals surface area (Å²) in [4.78, 5) is 15.2. The van der Waals surface area contributed by atoms with Crippen molar-refractivity contribution in [1.82, 2.24) is 9.80 Å². The van der Waals surface area contributed by atoms with Gasteiger partial charge in [0.1, 0.15) is 0 Å². The summed E-state index contributed by atoms with van der Waals surface area (Å²) in [6.45, 7) is 6.35. The van der Waals surface area contributed by atoms with Crippen LogP contribution in [0.3, 0.4) is 0 Å². The van der Waals surface area contributed by atoms with Crippen molar-refractivity contribution in [2.24, 2.45) is 0 Å². The van der Waals surface area contributed by atoms with Crippen molar-refractivity contribution in [3.8, 4) is 6.07 Å². The largest absolute Gasteiger partial charge is 0.379 e. The summed E-state index contributed by atoms with van der Waals surface area (Å²) in [5, 5.41) is 20.1. The summed E-state index contributed by atoms with van der Waals surface area (Å²) >= 11 is 0. The number of piperidine rings is 1. The maximum Gasteiger partial charge on any atom is 0.270 e. The van der Waals surface area contributed by atoms with E-state index in [1.165, 1.54) is 12.1 Å². The molecule has 0 bridgehead atoms. The van der Waals surface area contributed by atoms with Crippen LogP contribution in [0.15, 0.2) is 18.2 Å². The molecule has 0 saturated carbocycles. The molecule has 2 aliphatic heterocycles. The van der Waals surface area contributed by atoms with E-state index in [2.05, 4.69) is 15.9 Å². The Hall–Kier alpha value is -2.01. The molecular formula is C17H22N4O3. The van der Waals surface area contributed by atoms with Crippen LogP contribution in [0.1, 0.15) is 24.0 Å². The van der Waals surface area contributed by atoms with E-state index in [1.54, 1.807) is 6.07 Å². The molecule has 0 radical (unpaired) electrons. The van der Waals surface area contributed by atoms with Crippen molar-refractivity contribution < 1.29 is 9.66 Å². The number of nitriles is 1. The fourth-order valence-electron chi connectivity index (χ4n) is 3.55. The van der Waals surface area contributed by atoms with Crippen LogP contribution < -0.4 is 0 Å². The molecule has 7 heteroatoms. The minimum Gasteiger partial charge on any atom is -0.379 e. The second-order valence-corrected chi connectivity index (χ2v) is 6.37. The van der Waals surface area contributed by atoms with E-state index in [0.717, 1.165) is 57.8 Å². The molecule has 0 aliphatic carbocycles. The Labute approximate surface area is 141 Å². The van der Waals surface area contributed by atoms with Crippen molar-refractivity contribution in [3.05, 3.63) is 39.4 Å². The fraction of sp³-hybridized carbons (Fsp3) is 0.588. The molecule has 24 heavy (non-hydrogen) atoms. The number of benzene rings is 1. The maximum absolute atomic E-state index is 10.8. The van der Waals surface area contributed by atoms with Crippen LogP contribution >= 0.6 is 0 Å². The molecule has 0 aromatic heterocycles. The lowest BCUT2D eigenvalue weighted by Gasteiger charge is -2.40. The molecule has 2 fully saturated rings. The molecule has 128 valence electrons. The van der Waals surface area contributed by atoms with Gasteiger partial charge in [-0.05, 0) is 37.6 Å². The minimum atomic E-state index is -0.460. The smallest absolute Gasteiger partial charge is 0.270 e. The van der Waals surface area contributed by atoms with Crippen LogP contribution in [0, 0.1) is 21.4 Å². The Morgan fingerprint density at radius 1 is 1.25 bits per heavy atom. The summed E-state index contributed by atoms with van der Waals surface area (Å²) in [5.74, 6) is 0. The van der Waals surface area contributed by atoms with Gasteiger partial charge in [-0.15, -0.1) is 0 Å². The van der Waals surface area contributed by atoms with E-state index >= 15 is 0 Å². The third-order valence-electron chi connectivity index (χ3n) is 4.94. The molecule has 0 N–H and O–H groups in total. The summed E-state index contributed by atoms with van der Waals surface area (Å²) in [6, 6.07) is 7.28. The first kappa shape index (κ1) is 16.8. The Morgan fingerprint density at radius 2 is 1.96 bits per heavy atom. The lowest BCUT2D eigenvalue weighted by molar-refractivity contribution is -0.384. The number of non-ortho nitro benzene ring substituents is 1. The van der Waals surface area contributed by atoms with E-state index < -0.39 is 4.92 Å². The summed E-state index contributed by atoms with van der Waals surface area (Å²) in [7, 11) is 0. The molecule has 2 heterocycles. The van der Waals surface area contributed by atoms with Gasteiger partial charge in [0.2, 0.25) is 0 Å². The van der Waals surface area contributed by atoms with Gasteiger partial charge in [-0.25, -0.2) is 0 Å². The highest BCUT2D eigenvalue weighted by atomic mass is 16.6. The highest BCUT2D eigenvalue weighted by molar-refractivity contribution is 5.46. The molecular weight excluding hydrogens is 308 g/mol. The van der Waals surface area contributed by atoms with Crippen molar-refractivity contribution in [2.75, 3.05) is 39.4 Å². The number of likely N-dealkylation sites (tertiary alicyclic amines) is 1. The van der Waals surface area contributed by atoms with Gasteiger partial charge in [0.05, 0.1) is 29.8 Å². The van der Waals surface area contributed by atoms with Crippen LogP contribution in [-0.2, 0) is 11.3 Å². The van der Waals surface area contributed by atoms with E-state index in [1.807, 2.05) is 0 Å². The molecule has 3 rings (SSSR count). The van der Waals surface area contributed by atoms with Gasteiger partial charge in [0.25, 0.3) is 5.69 Å². The van der Waals surface area contributed by atoms with Gasteiger partial charge < -0.3 is 4.74 Å². The molecule has 1 aromatic rings. The number of hydrogen-bond donors (Lipinski definition) is 0. The predicted octanol–water partition coefficient (Wildman–Crippen LogP) is 1.76. The van der Waals surface area contributed by atoms with Crippen LogP contribution in [0.2, 0.25) is 0 Å². The average molecular weight is 330 g/mol. The van der Waals surface area contributed by atoms with Crippen molar-refractivity contribution in [1.29, 1.82) is 5.26 Å². The number of rotatable bonds is 4. The second kappa shape index (κ2) is 7.71. The van der Waals surface area contributed by atoms with Crippen LogP contribution in [0.25, 0.3) is 0 Å². The number of morpholine rings is 1.